The highest BCUT2D eigenvalue weighted by atomic mass is 32.1. The highest BCUT2D eigenvalue weighted by molar-refractivity contribution is 7.13. The number of rotatable bonds is 3. The number of carbonyl (C=O) groups excluding carboxylic acids is 2. The van der Waals surface area contributed by atoms with E-state index in [1.54, 1.807) is 28.6 Å². The van der Waals surface area contributed by atoms with E-state index in [1.165, 1.54) is 16.2 Å². The van der Waals surface area contributed by atoms with Crippen molar-refractivity contribution in [2.45, 2.75) is 25.9 Å². The summed E-state index contributed by atoms with van der Waals surface area (Å²) in [6.07, 6.45) is 1.58. The lowest BCUT2D eigenvalue weighted by Gasteiger charge is -2.32. The van der Waals surface area contributed by atoms with Gasteiger partial charge in [-0.3, -0.25) is 19.3 Å². The van der Waals surface area contributed by atoms with Crippen LogP contribution >= 0.6 is 11.3 Å². The van der Waals surface area contributed by atoms with Crippen molar-refractivity contribution in [1.82, 2.24) is 4.98 Å². The number of aryl methyl sites for hydroxylation is 2. The number of amides is 2. The van der Waals surface area contributed by atoms with Crippen LogP contribution in [0.25, 0.3) is 11.0 Å². The number of hydrogen-bond donors (Lipinski definition) is 0. The third-order valence-electron chi connectivity index (χ3n) is 7.48. The number of para-hydroxylation sites is 1. The zero-order valence-electron chi connectivity index (χ0n) is 20.6. The van der Waals surface area contributed by atoms with Crippen LogP contribution in [-0.4, -0.2) is 16.8 Å². The zero-order chi connectivity index (χ0) is 26.2. The average Bonchev–Trinajstić information content (AvgIpc) is 3.59. The molecule has 1 spiro atoms. The van der Waals surface area contributed by atoms with Crippen molar-refractivity contribution >= 4 is 44.9 Å². The third-order valence-corrected chi connectivity index (χ3v) is 8.24. The molecule has 0 radical (unpaired) electrons. The second kappa shape index (κ2) is 7.97. The molecule has 8 heteroatoms. The lowest BCUT2D eigenvalue weighted by atomic mass is 9.84. The first-order chi connectivity index (χ1) is 18.4. The molecule has 38 heavy (non-hydrogen) atoms. The number of fused-ring (bicyclic) bond motifs is 5. The second-order valence-corrected chi connectivity index (χ2v) is 10.5. The van der Waals surface area contributed by atoms with Gasteiger partial charge in [-0.1, -0.05) is 54.1 Å². The Kier molecular flexibility index (Phi) is 4.74. The molecule has 7 nitrogen and oxygen atoms in total. The minimum atomic E-state index is -1.73. The molecule has 4 heterocycles. The maximum atomic E-state index is 14.8. The molecule has 2 aromatic heterocycles. The molecule has 2 aliphatic rings. The fourth-order valence-electron chi connectivity index (χ4n) is 5.72. The lowest BCUT2D eigenvalue weighted by molar-refractivity contribution is -0.121. The fraction of sp³-hybridized carbons (Fsp3) is 0.133. The summed E-state index contributed by atoms with van der Waals surface area (Å²) < 4.78 is 6.12. The molecule has 0 saturated heterocycles. The van der Waals surface area contributed by atoms with E-state index in [-0.39, 0.29) is 23.8 Å². The third kappa shape index (κ3) is 2.83. The summed E-state index contributed by atoms with van der Waals surface area (Å²) in [6, 6.07) is 20.5. The Morgan fingerprint density at radius 2 is 1.76 bits per heavy atom. The largest absolute Gasteiger partial charge is 0.450 e. The first-order valence-electron chi connectivity index (χ1n) is 12.2. The number of hydrogen-bond acceptors (Lipinski definition) is 6. The maximum Gasteiger partial charge on any atom is 0.297 e. The molecule has 0 N–H and O–H groups in total. The smallest absolute Gasteiger partial charge is 0.297 e. The second-order valence-electron chi connectivity index (χ2n) is 9.64. The topological polar surface area (TPSA) is 83.7 Å². The van der Waals surface area contributed by atoms with Crippen molar-refractivity contribution in [3.05, 3.63) is 122 Å². The van der Waals surface area contributed by atoms with Crippen LogP contribution < -0.4 is 15.2 Å². The minimum absolute atomic E-state index is 0.0422. The molecule has 186 valence electrons. The van der Waals surface area contributed by atoms with Gasteiger partial charge in [-0.15, -0.1) is 11.3 Å². The van der Waals surface area contributed by atoms with Gasteiger partial charge < -0.3 is 9.32 Å². The van der Waals surface area contributed by atoms with E-state index < -0.39 is 16.9 Å². The monoisotopic (exact) mass is 519 g/mol. The van der Waals surface area contributed by atoms with Gasteiger partial charge in [-0.05, 0) is 43.2 Å². The normalized spacial score (nSPS) is 18.1. The van der Waals surface area contributed by atoms with Gasteiger partial charge in [0, 0.05) is 17.1 Å². The van der Waals surface area contributed by atoms with Gasteiger partial charge in [-0.2, -0.15) is 0 Å². The Morgan fingerprint density at radius 3 is 2.55 bits per heavy atom. The number of anilines is 2. The molecule has 0 fully saturated rings. The van der Waals surface area contributed by atoms with Crippen LogP contribution in [0.2, 0.25) is 0 Å². The lowest BCUT2D eigenvalue weighted by Crippen LogP contribution is -2.53. The first-order valence-corrected chi connectivity index (χ1v) is 13.1. The number of aromatic nitrogens is 1. The summed E-state index contributed by atoms with van der Waals surface area (Å²) in [7, 11) is 0. The number of thiazole rings is 1. The van der Waals surface area contributed by atoms with Crippen molar-refractivity contribution in [1.29, 1.82) is 0 Å². The Balaban J connectivity index is 1.57. The molecule has 1 unspecified atom stereocenters. The van der Waals surface area contributed by atoms with Crippen molar-refractivity contribution in [3.63, 3.8) is 0 Å². The fourth-order valence-corrected chi connectivity index (χ4v) is 6.41. The van der Waals surface area contributed by atoms with Gasteiger partial charge in [0.25, 0.3) is 11.8 Å². The molecule has 0 aliphatic carbocycles. The molecular formula is C30H21N3O4S. The van der Waals surface area contributed by atoms with Crippen LogP contribution in [0.1, 0.15) is 38.4 Å². The summed E-state index contributed by atoms with van der Waals surface area (Å²) in [5.74, 6) is -1.07. The minimum Gasteiger partial charge on any atom is -0.450 e. The predicted molar refractivity (Wildman–Crippen MR) is 146 cm³/mol. The van der Waals surface area contributed by atoms with Crippen LogP contribution in [0, 0.1) is 13.8 Å². The zero-order valence-corrected chi connectivity index (χ0v) is 21.4. The van der Waals surface area contributed by atoms with Crippen LogP contribution in [-0.2, 0) is 16.9 Å². The number of nitrogens with zero attached hydrogens (tertiary/aromatic N) is 3. The summed E-state index contributed by atoms with van der Waals surface area (Å²) in [6.45, 7) is 4.17. The van der Waals surface area contributed by atoms with E-state index >= 15 is 0 Å². The van der Waals surface area contributed by atoms with Gasteiger partial charge in [0.05, 0.1) is 23.2 Å². The van der Waals surface area contributed by atoms with Gasteiger partial charge in [0.15, 0.2) is 16.1 Å². The Bertz CT molecular complexity index is 1860. The molecule has 7 rings (SSSR count). The standard InChI is InChI=1S/C30H21N3O4S/c1-17-11-12-23-20(15-17)25(34)24-26(37-23)27(35)33(29-31-13-14-38-29)30(24)21-9-5-6-10-22(21)32(28(30)36)16-19-8-4-3-7-18(19)2/h3-15H,16H2,1-2H3. The molecule has 3 aromatic carbocycles. The van der Waals surface area contributed by atoms with Crippen LogP contribution in [0.15, 0.2) is 87.5 Å². The van der Waals surface area contributed by atoms with E-state index in [0.29, 0.717) is 27.4 Å². The van der Waals surface area contributed by atoms with E-state index in [0.717, 1.165) is 16.7 Å². The van der Waals surface area contributed by atoms with Crippen molar-refractivity contribution in [2.24, 2.45) is 0 Å². The molecule has 0 saturated carbocycles. The summed E-state index contributed by atoms with van der Waals surface area (Å²) >= 11 is 1.23. The SMILES string of the molecule is Cc1ccc2oc3c(c(=O)c2c1)C1(C(=O)N(Cc2ccccc2C)c2ccccc21)N(c1nccs1)C3=O. The average molecular weight is 520 g/mol. The Hall–Kier alpha value is -4.56. The Morgan fingerprint density at radius 1 is 0.974 bits per heavy atom. The predicted octanol–water partition coefficient (Wildman–Crippen LogP) is 5.32. The van der Waals surface area contributed by atoms with E-state index in [4.69, 9.17) is 4.42 Å². The summed E-state index contributed by atoms with van der Waals surface area (Å²) in [5, 5.41) is 2.40. The molecule has 5 aromatic rings. The van der Waals surface area contributed by atoms with Gasteiger partial charge in [0.2, 0.25) is 5.76 Å². The maximum absolute atomic E-state index is 14.8. The van der Waals surface area contributed by atoms with Crippen molar-refractivity contribution in [3.8, 4) is 0 Å². The van der Waals surface area contributed by atoms with Crippen molar-refractivity contribution in [2.75, 3.05) is 9.80 Å². The summed E-state index contributed by atoms with van der Waals surface area (Å²) in [4.78, 5) is 50.6. The van der Waals surface area contributed by atoms with E-state index in [1.807, 2.05) is 68.4 Å². The van der Waals surface area contributed by atoms with E-state index in [2.05, 4.69) is 4.98 Å². The first kappa shape index (κ1) is 22.6. The van der Waals surface area contributed by atoms with Gasteiger partial charge >= 0.3 is 0 Å². The quantitative estimate of drug-likeness (QED) is 0.322. The summed E-state index contributed by atoms with van der Waals surface area (Å²) in [5.41, 5.74) is 2.31. The molecule has 0 bridgehead atoms. The molecule has 1 atom stereocenters. The van der Waals surface area contributed by atoms with Gasteiger partial charge in [-0.25, -0.2) is 4.98 Å². The number of carbonyl (C=O) groups is 2. The van der Waals surface area contributed by atoms with Crippen LogP contribution in [0.3, 0.4) is 0 Å². The molecular weight excluding hydrogens is 498 g/mol. The molecule has 2 aliphatic heterocycles. The highest BCUT2D eigenvalue weighted by Gasteiger charge is 2.66. The van der Waals surface area contributed by atoms with E-state index in [9.17, 15) is 14.4 Å². The van der Waals surface area contributed by atoms with Crippen LogP contribution in [0.4, 0.5) is 10.8 Å². The van der Waals surface area contributed by atoms with Crippen molar-refractivity contribution < 1.29 is 14.0 Å². The number of benzene rings is 3. The highest BCUT2D eigenvalue weighted by Crippen LogP contribution is 2.54. The molecule has 2 amide bonds. The van der Waals surface area contributed by atoms with Crippen LogP contribution in [0.5, 0.6) is 0 Å². The van der Waals surface area contributed by atoms with Gasteiger partial charge in [0.1, 0.15) is 5.58 Å². The Labute approximate surface area is 221 Å².